The van der Waals surface area contributed by atoms with Crippen molar-refractivity contribution in [3.8, 4) is 0 Å². The molecule has 4 nitrogen and oxygen atoms in total. The van der Waals surface area contributed by atoms with Crippen molar-refractivity contribution in [2.45, 2.75) is 6.10 Å². The van der Waals surface area contributed by atoms with Crippen LogP contribution in [0.2, 0.25) is 0 Å². The molecule has 0 aromatic rings. The fourth-order valence-electron chi connectivity index (χ4n) is 1.14. The van der Waals surface area contributed by atoms with E-state index in [4.69, 9.17) is 9.84 Å². The molecule has 1 aliphatic rings. The molecule has 0 bridgehead atoms. The number of morpholine rings is 1. The van der Waals surface area contributed by atoms with Crippen molar-refractivity contribution in [3.63, 3.8) is 0 Å². The molecular weight excluding hydrogens is 226 g/mol. The number of rotatable bonds is 2. The summed E-state index contributed by atoms with van der Waals surface area (Å²) in [6.07, 6.45) is -0.207. The lowest BCUT2D eigenvalue weighted by atomic mass is 10.3. The average Bonchev–Trinajstić information content (AvgIpc) is 2.17. The summed E-state index contributed by atoms with van der Waals surface area (Å²) in [6, 6.07) is 0. The summed E-state index contributed by atoms with van der Waals surface area (Å²) in [6.45, 7) is 1.62. The van der Waals surface area contributed by atoms with Crippen LogP contribution in [-0.2, 0) is 9.53 Å². The summed E-state index contributed by atoms with van der Waals surface area (Å²) >= 11 is 3.10. The molecule has 1 heterocycles. The first-order valence-electron chi connectivity index (χ1n) is 3.84. The van der Waals surface area contributed by atoms with Gasteiger partial charge in [0.25, 0.3) is 0 Å². The molecule has 1 atom stereocenters. The molecule has 0 saturated carbocycles. The van der Waals surface area contributed by atoms with E-state index in [0.717, 1.165) is 0 Å². The molecule has 1 unspecified atom stereocenters. The average molecular weight is 238 g/mol. The molecule has 12 heavy (non-hydrogen) atoms. The van der Waals surface area contributed by atoms with Gasteiger partial charge in [0.05, 0.1) is 24.6 Å². The van der Waals surface area contributed by atoms with Crippen LogP contribution in [0.25, 0.3) is 0 Å². The summed E-state index contributed by atoms with van der Waals surface area (Å²) < 4.78 is 5.19. The maximum atomic E-state index is 11.2. The summed E-state index contributed by atoms with van der Waals surface area (Å²) in [5, 5.41) is 9.13. The summed E-state index contributed by atoms with van der Waals surface area (Å²) in [7, 11) is 0. The molecular formula is C7H12BrNO3. The molecule has 1 aliphatic heterocycles. The zero-order valence-electron chi connectivity index (χ0n) is 6.70. The van der Waals surface area contributed by atoms with Crippen LogP contribution in [0.4, 0.5) is 0 Å². The third-order valence-corrected chi connectivity index (χ3v) is 2.29. The topological polar surface area (TPSA) is 49.8 Å². The van der Waals surface area contributed by atoms with Crippen molar-refractivity contribution in [1.82, 2.24) is 4.90 Å². The van der Waals surface area contributed by atoms with Gasteiger partial charge in [0, 0.05) is 13.1 Å². The zero-order chi connectivity index (χ0) is 8.97. The first-order valence-corrected chi connectivity index (χ1v) is 4.96. The normalized spacial score (nSPS) is 24.2. The van der Waals surface area contributed by atoms with E-state index in [1.807, 2.05) is 0 Å². The third kappa shape index (κ3) is 2.43. The first kappa shape index (κ1) is 9.95. The lowest BCUT2D eigenvalue weighted by molar-refractivity contribution is -0.137. The van der Waals surface area contributed by atoms with Gasteiger partial charge in [-0.15, -0.1) is 0 Å². The second-order valence-corrected chi connectivity index (χ2v) is 3.21. The third-order valence-electron chi connectivity index (χ3n) is 1.81. The predicted molar refractivity (Wildman–Crippen MR) is 47.2 cm³/mol. The monoisotopic (exact) mass is 237 g/mol. The Morgan fingerprint density at radius 3 is 3.08 bits per heavy atom. The quantitative estimate of drug-likeness (QED) is 0.666. The van der Waals surface area contributed by atoms with E-state index in [0.29, 0.717) is 25.0 Å². The van der Waals surface area contributed by atoms with Crippen molar-refractivity contribution in [1.29, 1.82) is 0 Å². The molecule has 5 heteroatoms. The molecule has 1 saturated heterocycles. The van der Waals surface area contributed by atoms with Crippen LogP contribution >= 0.6 is 15.9 Å². The highest BCUT2D eigenvalue weighted by Gasteiger charge is 2.22. The van der Waals surface area contributed by atoms with Crippen molar-refractivity contribution in [3.05, 3.63) is 0 Å². The fraction of sp³-hybridized carbons (Fsp3) is 0.857. The molecule has 1 fully saturated rings. The van der Waals surface area contributed by atoms with Crippen LogP contribution < -0.4 is 0 Å². The second-order valence-electron chi connectivity index (χ2n) is 2.65. The Morgan fingerprint density at radius 1 is 1.75 bits per heavy atom. The van der Waals surface area contributed by atoms with Gasteiger partial charge in [-0.1, -0.05) is 15.9 Å². The van der Waals surface area contributed by atoms with Crippen LogP contribution in [0.15, 0.2) is 0 Å². The predicted octanol–water partition coefficient (Wildman–Crippen LogP) is -0.399. The van der Waals surface area contributed by atoms with Crippen LogP contribution in [0.3, 0.4) is 0 Å². The molecule has 1 N–H and O–H groups in total. The standard InChI is InChI=1S/C7H12BrNO3/c8-3-7(11)9-1-2-12-6(4-9)5-10/h6,10H,1-5H2. The van der Waals surface area contributed by atoms with Gasteiger partial charge in [0.1, 0.15) is 0 Å². The molecule has 1 rings (SSSR count). The summed E-state index contributed by atoms with van der Waals surface area (Å²) in [4.78, 5) is 12.9. The maximum absolute atomic E-state index is 11.2. The Morgan fingerprint density at radius 2 is 2.50 bits per heavy atom. The van der Waals surface area contributed by atoms with Crippen molar-refractivity contribution >= 4 is 21.8 Å². The SMILES string of the molecule is O=C(CBr)N1CCOC(CO)C1. The fourth-order valence-corrected chi connectivity index (χ4v) is 1.50. The minimum Gasteiger partial charge on any atom is -0.394 e. The molecule has 0 aromatic carbocycles. The van der Waals surface area contributed by atoms with Crippen molar-refractivity contribution in [2.75, 3.05) is 31.6 Å². The van der Waals surface area contributed by atoms with Gasteiger partial charge < -0.3 is 14.7 Å². The number of aliphatic hydroxyl groups is 1. The van der Waals surface area contributed by atoms with Crippen molar-refractivity contribution in [2.24, 2.45) is 0 Å². The van der Waals surface area contributed by atoms with Gasteiger partial charge in [-0.3, -0.25) is 4.79 Å². The van der Waals surface area contributed by atoms with E-state index < -0.39 is 0 Å². The molecule has 1 amide bonds. The maximum Gasteiger partial charge on any atom is 0.233 e. The van der Waals surface area contributed by atoms with Crippen LogP contribution in [0, 0.1) is 0 Å². The van der Waals surface area contributed by atoms with Crippen LogP contribution in [0.5, 0.6) is 0 Å². The number of alkyl halides is 1. The minimum absolute atomic E-state index is 0.0218. The molecule has 0 aromatic heterocycles. The van der Waals surface area contributed by atoms with E-state index in [1.54, 1.807) is 4.90 Å². The highest BCUT2D eigenvalue weighted by molar-refractivity contribution is 9.09. The zero-order valence-corrected chi connectivity index (χ0v) is 8.29. The lowest BCUT2D eigenvalue weighted by Crippen LogP contribution is -2.47. The van der Waals surface area contributed by atoms with Gasteiger partial charge in [0.2, 0.25) is 5.91 Å². The minimum atomic E-state index is -0.207. The Hall–Kier alpha value is -0.130. The van der Waals surface area contributed by atoms with E-state index in [1.165, 1.54) is 0 Å². The van der Waals surface area contributed by atoms with E-state index in [-0.39, 0.29) is 18.6 Å². The van der Waals surface area contributed by atoms with Gasteiger partial charge in [-0.05, 0) is 0 Å². The van der Waals surface area contributed by atoms with Gasteiger partial charge >= 0.3 is 0 Å². The van der Waals surface area contributed by atoms with Gasteiger partial charge in [-0.2, -0.15) is 0 Å². The highest BCUT2D eigenvalue weighted by atomic mass is 79.9. The van der Waals surface area contributed by atoms with E-state index in [9.17, 15) is 4.79 Å². The van der Waals surface area contributed by atoms with E-state index >= 15 is 0 Å². The van der Waals surface area contributed by atoms with Crippen LogP contribution in [-0.4, -0.2) is 53.7 Å². The van der Waals surface area contributed by atoms with Gasteiger partial charge in [-0.25, -0.2) is 0 Å². The number of hydrogen-bond acceptors (Lipinski definition) is 3. The number of ether oxygens (including phenoxy) is 1. The number of aliphatic hydroxyl groups excluding tert-OH is 1. The second kappa shape index (κ2) is 4.79. The molecule has 0 radical (unpaired) electrons. The van der Waals surface area contributed by atoms with Gasteiger partial charge in [0.15, 0.2) is 0 Å². The largest absolute Gasteiger partial charge is 0.394 e. The van der Waals surface area contributed by atoms with Crippen molar-refractivity contribution < 1.29 is 14.6 Å². The molecule has 0 spiro atoms. The Balaban J connectivity index is 2.40. The summed E-state index contributed by atoms with van der Waals surface area (Å²) in [5.41, 5.74) is 0. The number of hydrogen-bond donors (Lipinski definition) is 1. The van der Waals surface area contributed by atoms with E-state index in [2.05, 4.69) is 15.9 Å². The first-order chi connectivity index (χ1) is 5.77. The number of carbonyl (C=O) groups is 1. The number of halogens is 1. The Kier molecular flexibility index (Phi) is 3.97. The molecule has 70 valence electrons. The number of nitrogens with zero attached hydrogens (tertiary/aromatic N) is 1. The smallest absolute Gasteiger partial charge is 0.233 e. The number of carbonyl (C=O) groups excluding carboxylic acids is 1. The Bertz CT molecular complexity index is 165. The molecule has 0 aliphatic carbocycles. The lowest BCUT2D eigenvalue weighted by Gasteiger charge is -2.31. The highest BCUT2D eigenvalue weighted by Crippen LogP contribution is 2.05. The van der Waals surface area contributed by atoms with Crippen LogP contribution in [0.1, 0.15) is 0 Å². The summed E-state index contributed by atoms with van der Waals surface area (Å²) in [5.74, 6) is 0.0525. The Labute approximate surface area is 79.6 Å². The number of amides is 1.